The van der Waals surface area contributed by atoms with Gasteiger partial charge in [-0.15, -0.1) is 17.8 Å². The highest BCUT2D eigenvalue weighted by atomic mass is 32.1. The molecule has 1 saturated carbocycles. The predicted octanol–water partition coefficient (Wildman–Crippen LogP) is 6.10. The summed E-state index contributed by atoms with van der Waals surface area (Å²) in [4.78, 5) is 10.2. The molecule has 0 saturated heterocycles. The smallest absolute Gasteiger partial charge is 0.236 e. The van der Waals surface area contributed by atoms with E-state index in [4.69, 9.17) is 11.4 Å². The van der Waals surface area contributed by atoms with Crippen LogP contribution in [0.5, 0.6) is 0 Å². The van der Waals surface area contributed by atoms with Crippen LogP contribution in [0.15, 0.2) is 54.2 Å². The molecule has 6 rings (SSSR count). The molecule has 0 atom stereocenters. The zero-order valence-corrected chi connectivity index (χ0v) is 17.7. The maximum Gasteiger partial charge on any atom is 0.236 e. The van der Waals surface area contributed by atoms with Crippen molar-refractivity contribution in [3.8, 4) is 34.0 Å². The molecule has 1 N–H and O–H groups in total. The Kier molecular flexibility index (Phi) is 5.25. The second kappa shape index (κ2) is 8.33. The number of aromatic nitrogens is 3. The molecule has 0 spiro atoms. The molecule has 1 fully saturated rings. The Hall–Kier alpha value is -3.10. The number of benzene rings is 1. The summed E-state index contributed by atoms with van der Waals surface area (Å²) >= 11 is 1.63. The molecule has 3 heterocycles. The van der Waals surface area contributed by atoms with Gasteiger partial charge in [-0.25, -0.2) is 9.97 Å². The summed E-state index contributed by atoms with van der Waals surface area (Å²) in [6, 6.07) is 12.4. The number of imidazole rings is 1. The SMILES string of the molecule is C#Cc1ccsc1-c1nc2ncccn2c1NCC1CCCCC1.c1cc2cc-2c1. The van der Waals surface area contributed by atoms with Crippen molar-refractivity contribution in [2.45, 2.75) is 32.1 Å². The number of hydrogen-bond donors (Lipinski definition) is 1. The van der Waals surface area contributed by atoms with E-state index in [1.165, 1.54) is 43.2 Å². The van der Waals surface area contributed by atoms with E-state index in [0.717, 1.165) is 34.4 Å². The molecule has 0 aliphatic heterocycles. The molecule has 0 unspecified atom stereocenters. The van der Waals surface area contributed by atoms with Gasteiger partial charge in [0, 0.05) is 24.5 Å². The Morgan fingerprint density at radius 2 is 1.97 bits per heavy atom. The highest BCUT2D eigenvalue weighted by Gasteiger charge is 2.20. The molecule has 0 bridgehead atoms. The van der Waals surface area contributed by atoms with Gasteiger partial charge in [-0.2, -0.15) is 0 Å². The highest BCUT2D eigenvalue weighted by Crippen LogP contribution is 2.35. The van der Waals surface area contributed by atoms with Crippen molar-refractivity contribution in [2.24, 2.45) is 5.92 Å². The quantitative estimate of drug-likeness (QED) is 0.363. The van der Waals surface area contributed by atoms with Gasteiger partial charge in [-0.3, -0.25) is 4.40 Å². The largest absolute Gasteiger partial charge is 0.369 e. The van der Waals surface area contributed by atoms with Crippen molar-refractivity contribution in [2.75, 3.05) is 11.9 Å². The maximum absolute atomic E-state index is 5.65. The van der Waals surface area contributed by atoms with Crippen molar-refractivity contribution in [3.63, 3.8) is 0 Å². The van der Waals surface area contributed by atoms with Crippen molar-refractivity contribution in [1.82, 2.24) is 14.4 Å². The lowest BCUT2D eigenvalue weighted by molar-refractivity contribution is 0.373. The van der Waals surface area contributed by atoms with E-state index >= 15 is 0 Å². The molecule has 0 radical (unpaired) electrons. The van der Waals surface area contributed by atoms with Crippen LogP contribution < -0.4 is 5.32 Å². The number of nitrogens with one attached hydrogen (secondary N) is 1. The number of fused-ring (bicyclic) bond motifs is 2. The van der Waals surface area contributed by atoms with Gasteiger partial charge in [-0.1, -0.05) is 43.4 Å². The molecule has 4 nitrogen and oxygen atoms in total. The fourth-order valence-electron chi connectivity index (χ4n) is 4.13. The van der Waals surface area contributed by atoms with Crippen LogP contribution in [0, 0.1) is 18.3 Å². The number of thiophene rings is 1. The summed E-state index contributed by atoms with van der Waals surface area (Å²) in [6.07, 6.45) is 16.1. The van der Waals surface area contributed by atoms with Gasteiger partial charge >= 0.3 is 0 Å². The first-order valence-electron chi connectivity index (χ1n) is 10.6. The zero-order chi connectivity index (χ0) is 20.3. The fourth-order valence-corrected chi connectivity index (χ4v) is 4.98. The standard InChI is InChI=1S/C19H20N4S.C6H4/c1-2-15-9-12-24-17(15)16-18(21-13-14-7-4-3-5-8-14)23-11-6-10-20-19(23)22-16;1-2-5-4-6(5)3-1/h1,6,9-12,14,21H,3-5,7-8,13H2;1-4H. The van der Waals surface area contributed by atoms with E-state index in [1.54, 1.807) is 17.5 Å². The molecule has 0 aromatic carbocycles. The van der Waals surface area contributed by atoms with Gasteiger partial charge < -0.3 is 5.32 Å². The fraction of sp³-hybridized carbons (Fsp3) is 0.280. The lowest BCUT2D eigenvalue weighted by Gasteiger charge is -2.22. The normalized spacial score (nSPS) is 14.6. The Bertz CT molecular complexity index is 1190. The first-order chi connectivity index (χ1) is 14.8. The molecule has 30 heavy (non-hydrogen) atoms. The van der Waals surface area contributed by atoms with Crippen LogP contribution in [0.2, 0.25) is 0 Å². The monoisotopic (exact) mass is 412 g/mol. The van der Waals surface area contributed by atoms with Crippen molar-refractivity contribution in [3.05, 3.63) is 59.7 Å². The van der Waals surface area contributed by atoms with Crippen LogP contribution in [0.25, 0.3) is 27.5 Å². The van der Waals surface area contributed by atoms with Crippen LogP contribution in [0.4, 0.5) is 5.82 Å². The Labute approximate surface area is 181 Å². The Morgan fingerprint density at radius 1 is 1.13 bits per heavy atom. The minimum atomic E-state index is 0.704. The third kappa shape index (κ3) is 3.83. The van der Waals surface area contributed by atoms with Crippen molar-refractivity contribution >= 4 is 22.9 Å². The molecule has 3 aromatic heterocycles. The molecule has 3 aliphatic rings. The van der Waals surface area contributed by atoms with E-state index < -0.39 is 0 Å². The lowest BCUT2D eigenvalue weighted by Crippen LogP contribution is -2.18. The van der Waals surface area contributed by atoms with E-state index in [1.807, 2.05) is 28.1 Å². The van der Waals surface area contributed by atoms with E-state index in [-0.39, 0.29) is 0 Å². The van der Waals surface area contributed by atoms with E-state index in [9.17, 15) is 0 Å². The minimum absolute atomic E-state index is 0.704. The van der Waals surface area contributed by atoms with Gasteiger partial charge in [-0.05, 0) is 53.5 Å². The number of hydrogen-bond acceptors (Lipinski definition) is 4. The average Bonchev–Trinajstić information content (AvgIpc) is 3.18. The molecule has 5 heteroatoms. The zero-order valence-electron chi connectivity index (χ0n) is 16.8. The third-order valence-corrected chi connectivity index (χ3v) is 6.76. The van der Waals surface area contributed by atoms with Gasteiger partial charge in [0.05, 0.1) is 4.88 Å². The van der Waals surface area contributed by atoms with Crippen LogP contribution in [0.3, 0.4) is 0 Å². The average molecular weight is 413 g/mol. The second-order valence-electron chi connectivity index (χ2n) is 7.87. The second-order valence-corrected chi connectivity index (χ2v) is 8.79. The number of terminal acetylenes is 1. The van der Waals surface area contributed by atoms with Crippen molar-refractivity contribution in [1.29, 1.82) is 0 Å². The molecule has 0 amide bonds. The summed E-state index contributed by atoms with van der Waals surface area (Å²) in [6.45, 7) is 0.979. The Balaban J connectivity index is 0.000000272. The van der Waals surface area contributed by atoms with Crippen LogP contribution in [-0.2, 0) is 0 Å². The van der Waals surface area contributed by atoms with Crippen LogP contribution in [0.1, 0.15) is 37.7 Å². The Morgan fingerprint density at radius 3 is 2.67 bits per heavy atom. The van der Waals surface area contributed by atoms with Gasteiger partial charge in [0.2, 0.25) is 5.78 Å². The first-order valence-corrected chi connectivity index (χ1v) is 11.4. The topological polar surface area (TPSA) is 42.2 Å². The molecule has 3 aromatic rings. The van der Waals surface area contributed by atoms with E-state index in [2.05, 4.69) is 40.5 Å². The van der Waals surface area contributed by atoms with Gasteiger partial charge in [0.25, 0.3) is 0 Å². The minimum Gasteiger partial charge on any atom is -0.369 e. The predicted molar refractivity (Wildman–Crippen MR) is 125 cm³/mol. The van der Waals surface area contributed by atoms with Crippen LogP contribution in [-0.4, -0.2) is 20.9 Å². The van der Waals surface area contributed by atoms with Crippen molar-refractivity contribution < 1.29 is 0 Å². The maximum atomic E-state index is 5.65. The van der Waals surface area contributed by atoms with Crippen LogP contribution >= 0.6 is 11.3 Å². The molecular formula is C25H24N4S. The summed E-state index contributed by atoms with van der Waals surface area (Å²) in [5, 5.41) is 5.66. The van der Waals surface area contributed by atoms with Gasteiger partial charge in [0.1, 0.15) is 11.5 Å². The van der Waals surface area contributed by atoms with E-state index in [0.29, 0.717) is 5.78 Å². The molecule has 150 valence electrons. The number of nitrogens with zero attached hydrogens (tertiary/aromatic N) is 3. The third-order valence-electron chi connectivity index (χ3n) is 5.83. The summed E-state index contributed by atoms with van der Waals surface area (Å²) in [5.74, 6) is 5.21. The summed E-state index contributed by atoms with van der Waals surface area (Å²) < 4.78 is 2.03. The summed E-state index contributed by atoms with van der Waals surface area (Å²) in [5.41, 5.74) is 4.65. The summed E-state index contributed by atoms with van der Waals surface area (Å²) in [7, 11) is 0. The molecule has 3 aliphatic carbocycles. The first kappa shape index (κ1) is 18.9. The lowest BCUT2D eigenvalue weighted by atomic mass is 9.89. The number of rotatable bonds is 4. The number of anilines is 1. The highest BCUT2D eigenvalue weighted by molar-refractivity contribution is 7.13. The molecular weight excluding hydrogens is 388 g/mol. The van der Waals surface area contributed by atoms with Gasteiger partial charge in [0.15, 0.2) is 0 Å².